The Bertz CT molecular complexity index is 1130. The number of hydrogen-bond donors (Lipinski definition) is 2. The normalized spacial score (nSPS) is 11.2. The standard InChI is InChI=1S/C19H22N6O5S/c1-29-10-11-30-19(26)21-15-5-3-4-14(12-15)20-13-18-22-23-24-25(18)16-6-8-17(9-7-16)31(2,27)28/h3-9,12,20H,10-11,13H2,1-2H3,(H,21,26). The molecule has 0 saturated carbocycles. The van der Waals surface area contributed by atoms with E-state index in [1.807, 2.05) is 6.07 Å². The highest BCUT2D eigenvalue weighted by molar-refractivity contribution is 7.90. The van der Waals surface area contributed by atoms with Crippen molar-refractivity contribution in [3.05, 3.63) is 54.4 Å². The summed E-state index contributed by atoms with van der Waals surface area (Å²) in [5.74, 6) is 0.518. The molecule has 31 heavy (non-hydrogen) atoms. The molecule has 1 aromatic heterocycles. The van der Waals surface area contributed by atoms with E-state index in [2.05, 4.69) is 26.2 Å². The quantitative estimate of drug-likeness (QED) is 0.472. The van der Waals surface area contributed by atoms with Gasteiger partial charge in [-0.1, -0.05) is 6.07 Å². The maximum Gasteiger partial charge on any atom is 0.411 e. The lowest BCUT2D eigenvalue weighted by atomic mass is 10.2. The first-order chi connectivity index (χ1) is 14.9. The summed E-state index contributed by atoms with van der Waals surface area (Å²) in [4.78, 5) is 12.0. The van der Waals surface area contributed by atoms with Crippen molar-refractivity contribution >= 4 is 27.3 Å². The SMILES string of the molecule is COCCOC(=O)Nc1cccc(NCc2nnnn2-c2ccc(S(C)(=O)=O)cc2)c1. The zero-order chi connectivity index (χ0) is 22.3. The molecule has 0 fully saturated rings. The van der Waals surface area contributed by atoms with Crippen LogP contribution in [0.5, 0.6) is 0 Å². The number of anilines is 2. The highest BCUT2D eigenvalue weighted by Gasteiger charge is 2.11. The van der Waals surface area contributed by atoms with Gasteiger partial charge in [0.05, 0.1) is 23.7 Å². The monoisotopic (exact) mass is 446 g/mol. The number of hydrogen-bond acceptors (Lipinski definition) is 9. The van der Waals surface area contributed by atoms with E-state index < -0.39 is 15.9 Å². The van der Waals surface area contributed by atoms with Crippen molar-refractivity contribution in [2.24, 2.45) is 0 Å². The number of aromatic nitrogens is 4. The van der Waals surface area contributed by atoms with Gasteiger partial charge in [0.25, 0.3) is 0 Å². The van der Waals surface area contributed by atoms with Gasteiger partial charge in [0, 0.05) is 24.7 Å². The number of carbonyl (C=O) groups excluding carboxylic acids is 1. The Morgan fingerprint density at radius 2 is 1.84 bits per heavy atom. The molecule has 164 valence electrons. The number of benzene rings is 2. The summed E-state index contributed by atoms with van der Waals surface area (Å²) in [6.07, 6.45) is 0.576. The molecule has 0 saturated heterocycles. The van der Waals surface area contributed by atoms with E-state index in [4.69, 9.17) is 9.47 Å². The molecule has 0 spiro atoms. The molecule has 2 aromatic carbocycles. The smallest absolute Gasteiger partial charge is 0.411 e. The Labute approximate surface area is 179 Å². The van der Waals surface area contributed by atoms with Gasteiger partial charge in [0.15, 0.2) is 15.7 Å². The predicted octanol–water partition coefficient (Wildman–Crippen LogP) is 1.87. The van der Waals surface area contributed by atoms with Crippen molar-refractivity contribution in [2.45, 2.75) is 11.4 Å². The topological polar surface area (TPSA) is 137 Å². The molecule has 0 aliphatic carbocycles. The van der Waals surface area contributed by atoms with E-state index in [-0.39, 0.29) is 11.5 Å². The Kier molecular flexibility index (Phi) is 7.15. The van der Waals surface area contributed by atoms with Gasteiger partial charge in [0.1, 0.15) is 6.61 Å². The molecule has 0 unspecified atom stereocenters. The number of carbonyl (C=O) groups is 1. The second-order valence-corrected chi connectivity index (χ2v) is 8.48. The molecular formula is C19H22N6O5S. The lowest BCUT2D eigenvalue weighted by molar-refractivity contribution is 0.107. The van der Waals surface area contributed by atoms with Gasteiger partial charge in [-0.2, -0.15) is 4.68 Å². The fraction of sp³-hybridized carbons (Fsp3) is 0.263. The highest BCUT2D eigenvalue weighted by Crippen LogP contribution is 2.17. The predicted molar refractivity (Wildman–Crippen MR) is 113 cm³/mol. The van der Waals surface area contributed by atoms with Crippen LogP contribution >= 0.6 is 0 Å². The summed E-state index contributed by atoms with van der Waals surface area (Å²) < 4.78 is 34.6. The van der Waals surface area contributed by atoms with Gasteiger partial charge >= 0.3 is 6.09 Å². The van der Waals surface area contributed by atoms with Crippen LogP contribution in [0.1, 0.15) is 5.82 Å². The minimum Gasteiger partial charge on any atom is -0.447 e. The van der Waals surface area contributed by atoms with Crippen LogP contribution in [0.15, 0.2) is 53.4 Å². The first-order valence-corrected chi connectivity index (χ1v) is 11.1. The van der Waals surface area contributed by atoms with Crippen molar-refractivity contribution in [2.75, 3.05) is 37.2 Å². The highest BCUT2D eigenvalue weighted by atomic mass is 32.2. The van der Waals surface area contributed by atoms with E-state index >= 15 is 0 Å². The van der Waals surface area contributed by atoms with Crippen molar-refractivity contribution in [3.63, 3.8) is 0 Å². The minimum absolute atomic E-state index is 0.161. The van der Waals surface area contributed by atoms with Crippen molar-refractivity contribution in [1.29, 1.82) is 0 Å². The second kappa shape index (κ2) is 10.00. The molecule has 3 aromatic rings. The Hall–Kier alpha value is -3.51. The largest absolute Gasteiger partial charge is 0.447 e. The molecule has 0 aliphatic rings. The van der Waals surface area contributed by atoms with Crippen LogP contribution in [-0.4, -0.2) is 61.3 Å². The lowest BCUT2D eigenvalue weighted by Crippen LogP contribution is -2.16. The molecule has 0 radical (unpaired) electrons. The second-order valence-electron chi connectivity index (χ2n) is 6.46. The molecule has 2 N–H and O–H groups in total. The van der Waals surface area contributed by atoms with E-state index in [1.54, 1.807) is 30.3 Å². The number of nitrogens with zero attached hydrogens (tertiary/aromatic N) is 4. The van der Waals surface area contributed by atoms with Crippen molar-refractivity contribution in [1.82, 2.24) is 20.2 Å². The third-order valence-electron chi connectivity index (χ3n) is 4.12. The Morgan fingerprint density at radius 3 is 2.55 bits per heavy atom. The van der Waals surface area contributed by atoms with Crippen LogP contribution in [0.2, 0.25) is 0 Å². The molecule has 11 nitrogen and oxygen atoms in total. The van der Waals surface area contributed by atoms with Crippen LogP contribution in [0.25, 0.3) is 5.69 Å². The fourth-order valence-corrected chi connectivity index (χ4v) is 3.24. The van der Waals surface area contributed by atoms with Gasteiger partial charge in [-0.05, 0) is 52.9 Å². The fourth-order valence-electron chi connectivity index (χ4n) is 2.61. The average Bonchev–Trinajstić information content (AvgIpc) is 3.21. The number of methoxy groups -OCH3 is 1. The number of ether oxygens (including phenoxy) is 2. The molecule has 1 heterocycles. The number of rotatable bonds is 9. The van der Waals surface area contributed by atoms with Gasteiger partial charge in [-0.15, -0.1) is 5.10 Å². The van der Waals surface area contributed by atoms with Crippen LogP contribution in [0.3, 0.4) is 0 Å². The Balaban J connectivity index is 1.64. The molecular weight excluding hydrogens is 424 g/mol. The first kappa shape index (κ1) is 22.2. The van der Waals surface area contributed by atoms with Gasteiger partial charge in [-0.25, -0.2) is 13.2 Å². The van der Waals surface area contributed by atoms with Crippen molar-refractivity contribution in [3.8, 4) is 5.69 Å². The van der Waals surface area contributed by atoms with E-state index in [9.17, 15) is 13.2 Å². The number of sulfone groups is 1. The Morgan fingerprint density at radius 1 is 1.10 bits per heavy atom. The third-order valence-corrected chi connectivity index (χ3v) is 5.25. The van der Waals surface area contributed by atoms with Gasteiger partial charge in [0.2, 0.25) is 0 Å². The van der Waals surface area contributed by atoms with Crippen molar-refractivity contribution < 1.29 is 22.7 Å². The lowest BCUT2D eigenvalue weighted by Gasteiger charge is -2.10. The van der Waals surface area contributed by atoms with Gasteiger partial charge < -0.3 is 14.8 Å². The molecule has 3 rings (SSSR count). The zero-order valence-corrected chi connectivity index (χ0v) is 17.8. The minimum atomic E-state index is -3.28. The van der Waals surface area contributed by atoms with Crippen LogP contribution < -0.4 is 10.6 Å². The summed E-state index contributed by atoms with van der Waals surface area (Å²) in [6, 6.07) is 13.4. The van der Waals surface area contributed by atoms with Crippen LogP contribution in [-0.2, 0) is 25.9 Å². The van der Waals surface area contributed by atoms with E-state index in [0.717, 1.165) is 11.9 Å². The van der Waals surface area contributed by atoms with Crippen LogP contribution in [0.4, 0.5) is 16.2 Å². The molecule has 12 heteroatoms. The summed E-state index contributed by atoms with van der Waals surface area (Å²) >= 11 is 0. The summed E-state index contributed by atoms with van der Waals surface area (Å²) in [5.41, 5.74) is 1.92. The molecule has 0 atom stereocenters. The molecule has 0 aliphatic heterocycles. The summed E-state index contributed by atoms with van der Waals surface area (Å²) in [6.45, 7) is 0.775. The van der Waals surface area contributed by atoms with Crippen LogP contribution in [0, 0.1) is 0 Å². The number of nitrogens with one attached hydrogen (secondary N) is 2. The zero-order valence-electron chi connectivity index (χ0n) is 17.0. The average molecular weight is 446 g/mol. The van der Waals surface area contributed by atoms with E-state index in [1.165, 1.54) is 23.9 Å². The van der Waals surface area contributed by atoms with E-state index in [0.29, 0.717) is 30.4 Å². The number of amides is 1. The number of tetrazole rings is 1. The van der Waals surface area contributed by atoms with Gasteiger partial charge in [-0.3, -0.25) is 5.32 Å². The summed E-state index contributed by atoms with van der Waals surface area (Å²) in [7, 11) is -1.76. The molecule has 0 bridgehead atoms. The maximum absolute atomic E-state index is 11.8. The first-order valence-electron chi connectivity index (χ1n) is 9.21. The maximum atomic E-state index is 11.8. The molecule has 1 amide bonds. The summed E-state index contributed by atoms with van der Waals surface area (Å²) in [5, 5.41) is 17.5. The third kappa shape index (κ3) is 6.23.